The minimum absolute atomic E-state index is 0.0323. The summed E-state index contributed by atoms with van der Waals surface area (Å²) in [6.45, 7) is 5.42. The second-order valence-corrected chi connectivity index (χ2v) is 8.27. The Bertz CT molecular complexity index is 1200. The van der Waals surface area contributed by atoms with E-state index in [9.17, 15) is 14.9 Å². The molecule has 168 valence electrons. The molecule has 0 bridgehead atoms. The largest absolute Gasteiger partial charge is 0.490 e. The van der Waals surface area contributed by atoms with Gasteiger partial charge in [-0.05, 0) is 49.4 Å². The summed E-state index contributed by atoms with van der Waals surface area (Å²) in [6, 6.07) is 17.6. The van der Waals surface area contributed by atoms with Gasteiger partial charge in [0.05, 0.1) is 24.2 Å². The maximum Gasteiger partial charge on any atom is 0.308 e. The Kier molecular flexibility index (Phi) is 6.32. The molecule has 0 saturated heterocycles. The van der Waals surface area contributed by atoms with Gasteiger partial charge in [0, 0.05) is 30.3 Å². The van der Waals surface area contributed by atoms with Crippen LogP contribution in [0.4, 0.5) is 0 Å². The van der Waals surface area contributed by atoms with Crippen LogP contribution in [0.15, 0.2) is 71.1 Å². The van der Waals surface area contributed by atoms with Crippen molar-refractivity contribution in [1.82, 2.24) is 5.32 Å². The van der Waals surface area contributed by atoms with Crippen LogP contribution in [-0.2, 0) is 9.59 Å². The first-order valence-corrected chi connectivity index (χ1v) is 11.1. The summed E-state index contributed by atoms with van der Waals surface area (Å²) in [6.07, 6.45) is 1.09. The average molecular weight is 443 g/mol. The van der Waals surface area contributed by atoms with E-state index in [1.807, 2.05) is 32.0 Å². The van der Waals surface area contributed by atoms with E-state index in [1.165, 1.54) is 6.92 Å². The Labute approximate surface area is 193 Å². The number of Topliss-reactive ketones (excluding diaryl/α,β-unsaturated/α-hetero) is 1. The average Bonchev–Trinajstić information content (AvgIpc) is 2.79. The highest BCUT2D eigenvalue weighted by atomic mass is 16.6. The van der Waals surface area contributed by atoms with Gasteiger partial charge in [-0.3, -0.25) is 9.59 Å². The van der Waals surface area contributed by atoms with Gasteiger partial charge < -0.3 is 14.8 Å². The number of ether oxygens (including phenoxy) is 2. The molecule has 1 heterocycles. The fourth-order valence-corrected chi connectivity index (χ4v) is 4.69. The summed E-state index contributed by atoms with van der Waals surface area (Å²) < 4.78 is 11.0. The van der Waals surface area contributed by atoms with Crippen LogP contribution >= 0.6 is 0 Å². The van der Waals surface area contributed by atoms with Crippen molar-refractivity contribution < 1.29 is 19.1 Å². The molecule has 2 aromatic rings. The van der Waals surface area contributed by atoms with Crippen LogP contribution in [0.5, 0.6) is 11.5 Å². The van der Waals surface area contributed by atoms with E-state index in [-0.39, 0.29) is 11.7 Å². The summed E-state index contributed by atoms with van der Waals surface area (Å²) in [5.74, 6) is -0.0995. The van der Waals surface area contributed by atoms with Crippen molar-refractivity contribution in [2.24, 2.45) is 0 Å². The molecule has 1 aliphatic heterocycles. The van der Waals surface area contributed by atoms with Gasteiger partial charge in [-0.25, -0.2) is 0 Å². The maximum absolute atomic E-state index is 13.5. The molecular weight excluding hydrogens is 416 g/mol. The zero-order valence-corrected chi connectivity index (χ0v) is 19.0. The van der Waals surface area contributed by atoms with Crippen molar-refractivity contribution in [2.75, 3.05) is 6.61 Å². The third kappa shape index (κ3) is 4.40. The summed E-state index contributed by atoms with van der Waals surface area (Å²) in [5, 5.41) is 13.3. The molecule has 2 aliphatic rings. The van der Waals surface area contributed by atoms with E-state index in [2.05, 4.69) is 23.5 Å². The monoisotopic (exact) mass is 442 g/mol. The van der Waals surface area contributed by atoms with Crippen molar-refractivity contribution >= 4 is 11.8 Å². The summed E-state index contributed by atoms with van der Waals surface area (Å²) in [4.78, 5) is 24.9. The molecule has 0 fully saturated rings. The van der Waals surface area contributed by atoms with Crippen LogP contribution in [0.25, 0.3) is 0 Å². The summed E-state index contributed by atoms with van der Waals surface area (Å²) in [7, 11) is 0. The van der Waals surface area contributed by atoms with Crippen LogP contribution < -0.4 is 14.8 Å². The number of carbonyl (C=O) groups is 2. The van der Waals surface area contributed by atoms with E-state index >= 15 is 0 Å². The molecule has 0 saturated carbocycles. The van der Waals surface area contributed by atoms with Crippen molar-refractivity contribution in [3.8, 4) is 17.6 Å². The van der Waals surface area contributed by atoms with Gasteiger partial charge >= 0.3 is 5.97 Å². The molecule has 1 aliphatic carbocycles. The minimum Gasteiger partial charge on any atom is -0.490 e. The second kappa shape index (κ2) is 9.33. The Morgan fingerprint density at radius 2 is 1.88 bits per heavy atom. The fourth-order valence-electron chi connectivity index (χ4n) is 4.69. The normalized spacial score (nSPS) is 20.0. The predicted molar refractivity (Wildman–Crippen MR) is 124 cm³/mol. The summed E-state index contributed by atoms with van der Waals surface area (Å²) in [5.41, 5.74) is 4.63. The molecule has 2 aromatic carbocycles. The maximum atomic E-state index is 13.5. The van der Waals surface area contributed by atoms with Gasteiger partial charge in [0.15, 0.2) is 17.3 Å². The lowest BCUT2D eigenvalue weighted by Crippen LogP contribution is -2.33. The highest BCUT2D eigenvalue weighted by molar-refractivity contribution is 6.00. The fraction of sp³-hybridized carbons (Fsp3) is 0.296. The number of ketones is 1. The standard InChI is InChI=1S/C27H26N2O4/c1-4-32-25-14-19(10-11-24(25)33-17(3)30)26-21(15-28)16(2)29-22-12-20(13-23(31)27(22)26)18-8-6-5-7-9-18/h5-11,14,20,26,29H,4,12-13H2,1-3H3/t20-,26+/m0/s1. The van der Waals surface area contributed by atoms with Gasteiger partial charge in [-0.2, -0.15) is 5.26 Å². The molecule has 6 heteroatoms. The number of dihydropyridines is 1. The first-order valence-electron chi connectivity index (χ1n) is 11.1. The topological polar surface area (TPSA) is 88.4 Å². The highest BCUT2D eigenvalue weighted by Gasteiger charge is 2.39. The highest BCUT2D eigenvalue weighted by Crippen LogP contribution is 2.46. The number of hydrogen-bond donors (Lipinski definition) is 1. The number of nitrogens with one attached hydrogen (secondary N) is 1. The second-order valence-electron chi connectivity index (χ2n) is 8.27. The number of benzene rings is 2. The molecule has 1 N–H and O–H groups in total. The third-order valence-corrected chi connectivity index (χ3v) is 6.07. The number of carbonyl (C=O) groups excluding carboxylic acids is 2. The Morgan fingerprint density at radius 3 is 2.55 bits per heavy atom. The lowest BCUT2D eigenvalue weighted by atomic mass is 9.72. The lowest BCUT2D eigenvalue weighted by molar-refractivity contribution is -0.132. The van der Waals surface area contributed by atoms with Crippen LogP contribution in [0.2, 0.25) is 0 Å². The Balaban J connectivity index is 1.79. The Morgan fingerprint density at radius 1 is 1.12 bits per heavy atom. The zero-order chi connectivity index (χ0) is 23.5. The molecule has 2 atom stereocenters. The molecule has 0 aromatic heterocycles. The number of allylic oxidation sites excluding steroid dienone is 4. The minimum atomic E-state index is -0.499. The van der Waals surface area contributed by atoms with Crippen LogP contribution in [-0.4, -0.2) is 18.4 Å². The molecule has 0 radical (unpaired) electrons. The molecule has 0 amide bonds. The molecular formula is C27H26N2O4. The van der Waals surface area contributed by atoms with Crippen molar-refractivity contribution in [1.29, 1.82) is 5.26 Å². The molecule has 33 heavy (non-hydrogen) atoms. The number of esters is 1. The molecule has 6 nitrogen and oxygen atoms in total. The first-order chi connectivity index (χ1) is 15.9. The van der Waals surface area contributed by atoms with Gasteiger partial charge in [0.25, 0.3) is 0 Å². The van der Waals surface area contributed by atoms with E-state index in [4.69, 9.17) is 9.47 Å². The smallest absolute Gasteiger partial charge is 0.308 e. The van der Waals surface area contributed by atoms with Crippen LogP contribution in [0, 0.1) is 11.3 Å². The van der Waals surface area contributed by atoms with E-state index in [0.717, 1.165) is 22.5 Å². The predicted octanol–water partition coefficient (Wildman–Crippen LogP) is 4.90. The summed E-state index contributed by atoms with van der Waals surface area (Å²) >= 11 is 0. The van der Waals surface area contributed by atoms with Crippen LogP contribution in [0.1, 0.15) is 56.6 Å². The number of nitriles is 1. The Hall–Kier alpha value is -3.85. The van der Waals surface area contributed by atoms with Crippen molar-refractivity contribution in [2.45, 2.75) is 45.4 Å². The quantitative estimate of drug-likeness (QED) is 0.524. The van der Waals surface area contributed by atoms with Gasteiger partial charge in [-0.1, -0.05) is 36.4 Å². The van der Waals surface area contributed by atoms with Gasteiger partial charge in [0.1, 0.15) is 0 Å². The molecule has 0 spiro atoms. The van der Waals surface area contributed by atoms with Crippen LogP contribution in [0.3, 0.4) is 0 Å². The number of rotatable bonds is 5. The molecule has 4 rings (SSSR count). The van der Waals surface area contributed by atoms with E-state index in [1.54, 1.807) is 18.2 Å². The lowest BCUT2D eigenvalue weighted by Gasteiger charge is -2.35. The van der Waals surface area contributed by atoms with Gasteiger partial charge in [0.2, 0.25) is 0 Å². The van der Waals surface area contributed by atoms with Gasteiger partial charge in [-0.15, -0.1) is 0 Å². The van der Waals surface area contributed by atoms with E-state index in [0.29, 0.717) is 42.1 Å². The number of nitrogens with zero attached hydrogens (tertiary/aromatic N) is 1. The van der Waals surface area contributed by atoms with Crippen molar-refractivity contribution in [3.05, 3.63) is 82.2 Å². The first kappa shape index (κ1) is 22.3. The SMILES string of the molecule is CCOc1cc([C@@H]2C(C#N)=C(C)NC3=C2C(=O)C[C@@H](c2ccccc2)C3)ccc1OC(C)=O. The van der Waals surface area contributed by atoms with E-state index < -0.39 is 11.9 Å². The third-order valence-electron chi connectivity index (χ3n) is 6.07. The molecule has 0 unspecified atom stereocenters. The number of hydrogen-bond acceptors (Lipinski definition) is 6. The van der Waals surface area contributed by atoms with Crippen molar-refractivity contribution in [3.63, 3.8) is 0 Å². The zero-order valence-electron chi connectivity index (χ0n) is 19.0.